The Morgan fingerprint density at radius 2 is 2.00 bits per heavy atom. The molecule has 132 valence electrons. The van der Waals surface area contributed by atoms with Crippen LogP contribution in [0.2, 0.25) is 5.02 Å². The van der Waals surface area contributed by atoms with E-state index in [-0.39, 0.29) is 5.82 Å². The fourth-order valence-electron chi connectivity index (χ4n) is 3.67. The predicted octanol–water partition coefficient (Wildman–Crippen LogP) is 5.01. The van der Waals surface area contributed by atoms with E-state index < -0.39 is 0 Å². The van der Waals surface area contributed by atoms with Gasteiger partial charge in [0.25, 0.3) is 0 Å². The average Bonchev–Trinajstić information content (AvgIpc) is 3.26. The highest BCUT2D eigenvalue weighted by Gasteiger charge is 2.20. The fraction of sp³-hybridized carbons (Fsp3) is 0.250. The molecular formula is C20H17ClFN3O. The van der Waals surface area contributed by atoms with E-state index in [1.807, 2.05) is 30.6 Å². The lowest BCUT2D eigenvalue weighted by Gasteiger charge is -2.20. The number of hydrogen-bond acceptors (Lipinski definition) is 3. The Morgan fingerprint density at radius 3 is 2.85 bits per heavy atom. The third-order valence-corrected chi connectivity index (χ3v) is 5.28. The van der Waals surface area contributed by atoms with Crippen molar-refractivity contribution in [3.05, 3.63) is 59.3 Å². The fourth-order valence-corrected chi connectivity index (χ4v) is 3.83. The van der Waals surface area contributed by atoms with E-state index in [1.165, 1.54) is 6.07 Å². The third-order valence-electron chi connectivity index (χ3n) is 5.05. The van der Waals surface area contributed by atoms with Gasteiger partial charge in [-0.2, -0.15) is 0 Å². The molecule has 4 heterocycles. The molecule has 6 heteroatoms. The van der Waals surface area contributed by atoms with E-state index in [0.29, 0.717) is 33.5 Å². The van der Waals surface area contributed by atoms with Crippen molar-refractivity contribution in [2.75, 3.05) is 13.1 Å². The number of halogens is 2. The van der Waals surface area contributed by atoms with E-state index in [0.717, 1.165) is 37.0 Å². The van der Waals surface area contributed by atoms with Gasteiger partial charge < -0.3 is 14.1 Å². The number of piperidine rings is 1. The van der Waals surface area contributed by atoms with Crippen LogP contribution in [0.1, 0.15) is 24.5 Å². The van der Waals surface area contributed by atoms with Crippen molar-refractivity contribution in [1.82, 2.24) is 14.7 Å². The zero-order valence-electron chi connectivity index (χ0n) is 14.0. The topological polar surface area (TPSA) is 42.5 Å². The molecule has 1 aromatic carbocycles. The van der Waals surface area contributed by atoms with Gasteiger partial charge in [0.05, 0.1) is 5.69 Å². The molecule has 0 aliphatic carbocycles. The number of imidazole rings is 1. The first kappa shape index (κ1) is 15.9. The van der Waals surface area contributed by atoms with Gasteiger partial charge in [0, 0.05) is 40.4 Å². The van der Waals surface area contributed by atoms with Crippen LogP contribution in [0.3, 0.4) is 0 Å². The molecule has 0 saturated carbocycles. The Balaban J connectivity index is 1.59. The van der Waals surface area contributed by atoms with E-state index in [4.69, 9.17) is 16.0 Å². The first-order chi connectivity index (χ1) is 12.7. The van der Waals surface area contributed by atoms with E-state index in [1.54, 1.807) is 10.5 Å². The number of benzene rings is 1. The Hall–Kier alpha value is -2.37. The van der Waals surface area contributed by atoms with Crippen molar-refractivity contribution in [2.45, 2.75) is 18.8 Å². The number of furan rings is 1. The van der Waals surface area contributed by atoms with Crippen molar-refractivity contribution in [2.24, 2.45) is 0 Å². The SMILES string of the molecule is Fc1cc(-c2cc3ccc(Cl)cc3o2)cn2cc(C3CCNCC3)nc12. The minimum atomic E-state index is -0.346. The molecule has 1 saturated heterocycles. The Bertz CT molecular complexity index is 1110. The van der Waals surface area contributed by atoms with E-state index in [2.05, 4.69) is 10.3 Å². The molecule has 1 aliphatic rings. The quantitative estimate of drug-likeness (QED) is 0.540. The highest BCUT2D eigenvalue weighted by molar-refractivity contribution is 6.31. The van der Waals surface area contributed by atoms with Gasteiger partial charge in [-0.1, -0.05) is 11.6 Å². The summed E-state index contributed by atoms with van der Waals surface area (Å²) in [5.74, 6) is 0.647. The monoisotopic (exact) mass is 369 g/mol. The second kappa shape index (κ2) is 6.11. The first-order valence-electron chi connectivity index (χ1n) is 8.76. The maximum Gasteiger partial charge on any atom is 0.173 e. The molecule has 0 spiro atoms. The molecule has 1 N–H and O–H groups in total. The second-order valence-corrected chi connectivity index (χ2v) is 7.23. The molecule has 4 nitrogen and oxygen atoms in total. The van der Waals surface area contributed by atoms with Crippen LogP contribution in [0.25, 0.3) is 27.9 Å². The Labute approximate surface area is 154 Å². The van der Waals surface area contributed by atoms with Crippen LogP contribution in [0.5, 0.6) is 0 Å². The average molecular weight is 370 g/mol. The van der Waals surface area contributed by atoms with Crippen molar-refractivity contribution < 1.29 is 8.81 Å². The minimum Gasteiger partial charge on any atom is -0.456 e. The molecule has 26 heavy (non-hydrogen) atoms. The van der Waals surface area contributed by atoms with E-state index in [9.17, 15) is 4.39 Å². The maximum absolute atomic E-state index is 14.7. The first-order valence-corrected chi connectivity index (χ1v) is 9.13. The molecule has 0 bridgehead atoms. The molecule has 0 atom stereocenters. The number of rotatable bonds is 2. The molecule has 0 amide bonds. The predicted molar refractivity (Wildman–Crippen MR) is 100 cm³/mol. The summed E-state index contributed by atoms with van der Waals surface area (Å²) in [6.45, 7) is 1.96. The van der Waals surface area contributed by atoms with Gasteiger partial charge in [-0.05, 0) is 50.2 Å². The lowest BCUT2D eigenvalue weighted by atomic mass is 9.95. The summed E-state index contributed by atoms with van der Waals surface area (Å²) in [6, 6.07) is 8.85. The van der Waals surface area contributed by atoms with Crippen molar-refractivity contribution in [3.63, 3.8) is 0 Å². The Kier molecular flexibility index (Phi) is 3.72. The van der Waals surface area contributed by atoms with Crippen LogP contribution in [0, 0.1) is 5.82 Å². The molecule has 5 rings (SSSR count). The minimum absolute atomic E-state index is 0.346. The van der Waals surface area contributed by atoms with Gasteiger partial charge in [0.2, 0.25) is 0 Å². The number of aromatic nitrogens is 2. The van der Waals surface area contributed by atoms with Crippen LogP contribution in [-0.2, 0) is 0 Å². The molecule has 4 aromatic rings. The van der Waals surface area contributed by atoms with Gasteiger partial charge in [0.15, 0.2) is 11.5 Å². The van der Waals surface area contributed by atoms with Crippen LogP contribution in [-0.4, -0.2) is 22.5 Å². The van der Waals surface area contributed by atoms with Gasteiger partial charge in [-0.15, -0.1) is 0 Å². The number of fused-ring (bicyclic) bond motifs is 2. The third kappa shape index (κ3) is 2.68. The van der Waals surface area contributed by atoms with Gasteiger partial charge in [-0.3, -0.25) is 0 Å². The van der Waals surface area contributed by atoms with Crippen molar-refractivity contribution in [3.8, 4) is 11.3 Å². The molecular weight excluding hydrogens is 353 g/mol. The van der Waals surface area contributed by atoms with E-state index >= 15 is 0 Å². The maximum atomic E-state index is 14.7. The second-order valence-electron chi connectivity index (χ2n) is 6.79. The van der Waals surface area contributed by atoms with Crippen molar-refractivity contribution in [1.29, 1.82) is 0 Å². The molecule has 1 fully saturated rings. The molecule has 1 aliphatic heterocycles. The summed E-state index contributed by atoms with van der Waals surface area (Å²) in [7, 11) is 0. The largest absolute Gasteiger partial charge is 0.456 e. The molecule has 0 unspecified atom stereocenters. The normalized spacial score (nSPS) is 15.9. The summed E-state index contributed by atoms with van der Waals surface area (Å²) < 4.78 is 22.3. The van der Waals surface area contributed by atoms with Gasteiger partial charge in [-0.25, -0.2) is 9.37 Å². The van der Waals surface area contributed by atoms with Crippen LogP contribution in [0.4, 0.5) is 4.39 Å². The lowest BCUT2D eigenvalue weighted by molar-refractivity contribution is 0.454. The van der Waals surface area contributed by atoms with Crippen molar-refractivity contribution >= 4 is 28.2 Å². The molecule has 3 aromatic heterocycles. The van der Waals surface area contributed by atoms with Gasteiger partial charge in [0.1, 0.15) is 11.3 Å². The number of nitrogens with one attached hydrogen (secondary N) is 1. The van der Waals surface area contributed by atoms with Crippen LogP contribution >= 0.6 is 11.6 Å². The number of pyridine rings is 1. The van der Waals surface area contributed by atoms with Crippen LogP contribution < -0.4 is 5.32 Å². The Morgan fingerprint density at radius 1 is 1.15 bits per heavy atom. The number of hydrogen-bond donors (Lipinski definition) is 1. The zero-order valence-corrected chi connectivity index (χ0v) is 14.8. The smallest absolute Gasteiger partial charge is 0.173 e. The summed E-state index contributed by atoms with van der Waals surface area (Å²) in [4.78, 5) is 4.54. The summed E-state index contributed by atoms with van der Waals surface area (Å²) in [5.41, 5.74) is 2.69. The number of nitrogens with zero attached hydrogens (tertiary/aromatic N) is 2. The summed E-state index contributed by atoms with van der Waals surface area (Å²) in [6.07, 6.45) is 5.87. The van der Waals surface area contributed by atoms with Crippen LogP contribution in [0.15, 0.2) is 47.1 Å². The summed E-state index contributed by atoms with van der Waals surface area (Å²) >= 11 is 6.02. The highest BCUT2D eigenvalue weighted by Crippen LogP contribution is 2.31. The highest BCUT2D eigenvalue weighted by atomic mass is 35.5. The zero-order chi connectivity index (χ0) is 17.7. The summed E-state index contributed by atoms with van der Waals surface area (Å²) in [5, 5.41) is 4.89. The lowest BCUT2D eigenvalue weighted by Crippen LogP contribution is -2.26. The standard InChI is InChI=1S/C20H17ClFN3O/c21-15-2-1-13-8-18(26-19(13)9-15)14-7-16(22)20-24-17(11-25(20)10-14)12-3-5-23-6-4-12/h1-2,7-12,23H,3-6H2. The molecule has 0 radical (unpaired) electrons. The van der Waals surface area contributed by atoms with Gasteiger partial charge >= 0.3 is 0 Å².